The zero-order valence-corrected chi connectivity index (χ0v) is 16.0. The van der Waals surface area contributed by atoms with Gasteiger partial charge in [-0.25, -0.2) is 13.1 Å². The largest absolute Gasteiger partial charge is 0.496 e. The molecule has 10 heteroatoms. The van der Waals surface area contributed by atoms with Crippen molar-refractivity contribution in [3.63, 3.8) is 0 Å². The highest BCUT2D eigenvalue weighted by molar-refractivity contribution is 7.89. The van der Waals surface area contributed by atoms with E-state index in [1.807, 2.05) is 0 Å². The molecule has 1 aromatic carbocycles. The second-order valence-corrected chi connectivity index (χ2v) is 7.29. The van der Waals surface area contributed by atoms with E-state index in [4.69, 9.17) is 14.0 Å². The zero-order chi connectivity index (χ0) is 20.0. The van der Waals surface area contributed by atoms with Gasteiger partial charge in [0, 0.05) is 6.54 Å². The number of hydrogen-bond acceptors (Lipinski definition) is 8. The maximum atomic E-state index is 12.2. The highest BCUT2D eigenvalue weighted by Crippen LogP contribution is 2.19. The van der Waals surface area contributed by atoms with Crippen LogP contribution in [0.3, 0.4) is 0 Å². The molecule has 0 aliphatic heterocycles. The molecule has 0 aliphatic rings. The maximum Gasteiger partial charge on any atom is 0.307 e. The smallest absolute Gasteiger partial charge is 0.307 e. The summed E-state index contributed by atoms with van der Waals surface area (Å²) in [6, 6.07) is 6.57. The summed E-state index contributed by atoms with van der Waals surface area (Å²) in [5.41, 5.74) is 0.525. The molecule has 2 rings (SSSR count). The lowest BCUT2D eigenvalue weighted by Gasteiger charge is -2.08. The number of rotatable bonds is 9. The molecule has 0 amide bonds. The number of para-hydroxylation sites is 1. The molecule has 1 heterocycles. The Morgan fingerprint density at radius 1 is 1.22 bits per heavy atom. The normalized spacial score (nSPS) is 11.2. The van der Waals surface area contributed by atoms with E-state index in [0.717, 1.165) is 0 Å². The number of sulfonamides is 1. The molecular formula is C17H20N2O7S. The van der Waals surface area contributed by atoms with E-state index in [1.165, 1.54) is 21.0 Å². The molecule has 27 heavy (non-hydrogen) atoms. The molecule has 0 aliphatic carbocycles. The third-order valence-corrected chi connectivity index (χ3v) is 5.33. The van der Waals surface area contributed by atoms with Gasteiger partial charge >= 0.3 is 5.97 Å². The van der Waals surface area contributed by atoms with E-state index in [9.17, 15) is 18.0 Å². The zero-order valence-electron chi connectivity index (χ0n) is 15.1. The highest BCUT2D eigenvalue weighted by atomic mass is 32.2. The number of carbonyl (C=O) groups excluding carboxylic acids is 2. The highest BCUT2D eigenvalue weighted by Gasteiger charge is 2.24. The predicted molar refractivity (Wildman–Crippen MR) is 94.1 cm³/mol. The van der Waals surface area contributed by atoms with Gasteiger partial charge in [0.1, 0.15) is 16.3 Å². The minimum absolute atomic E-state index is 0.0535. The Hall–Kier alpha value is -2.72. The first-order valence-electron chi connectivity index (χ1n) is 8.00. The van der Waals surface area contributed by atoms with Crippen LogP contribution in [-0.2, 0) is 19.6 Å². The van der Waals surface area contributed by atoms with Gasteiger partial charge in [-0.05, 0) is 26.0 Å². The average molecular weight is 396 g/mol. The monoisotopic (exact) mass is 396 g/mol. The lowest BCUT2D eigenvalue weighted by atomic mass is 10.1. The predicted octanol–water partition coefficient (Wildman–Crippen LogP) is 1.39. The summed E-state index contributed by atoms with van der Waals surface area (Å²) in [5.74, 6) is -0.590. The van der Waals surface area contributed by atoms with Crippen LogP contribution in [0.25, 0.3) is 0 Å². The Balaban J connectivity index is 1.84. The lowest BCUT2D eigenvalue weighted by Crippen LogP contribution is -2.28. The van der Waals surface area contributed by atoms with Crippen LogP contribution in [0.15, 0.2) is 33.7 Å². The molecule has 0 spiro atoms. The van der Waals surface area contributed by atoms with Crippen LogP contribution in [0, 0.1) is 13.8 Å². The molecule has 1 aromatic heterocycles. The number of aryl methyl sites for hydroxylation is 2. The van der Waals surface area contributed by atoms with Gasteiger partial charge in [0.15, 0.2) is 12.4 Å². The van der Waals surface area contributed by atoms with Gasteiger partial charge in [0.05, 0.1) is 19.1 Å². The van der Waals surface area contributed by atoms with Gasteiger partial charge < -0.3 is 14.0 Å². The summed E-state index contributed by atoms with van der Waals surface area (Å²) in [4.78, 5) is 23.8. The van der Waals surface area contributed by atoms with E-state index in [-0.39, 0.29) is 29.3 Å². The molecule has 0 atom stereocenters. The van der Waals surface area contributed by atoms with Crippen molar-refractivity contribution < 1.29 is 32.0 Å². The van der Waals surface area contributed by atoms with E-state index >= 15 is 0 Å². The molecule has 0 bridgehead atoms. The van der Waals surface area contributed by atoms with Crippen LogP contribution < -0.4 is 9.46 Å². The van der Waals surface area contributed by atoms with Gasteiger partial charge in [0.2, 0.25) is 15.8 Å². The Kier molecular flexibility index (Phi) is 6.70. The molecular weight excluding hydrogens is 376 g/mol. The number of nitrogens with one attached hydrogen (secondary N) is 1. The minimum atomic E-state index is -3.85. The fraction of sp³-hybridized carbons (Fsp3) is 0.353. The summed E-state index contributed by atoms with van der Waals surface area (Å²) in [7, 11) is -2.42. The maximum absolute atomic E-state index is 12.2. The van der Waals surface area contributed by atoms with Crippen LogP contribution in [0.2, 0.25) is 0 Å². The number of benzene rings is 1. The molecule has 1 N–H and O–H groups in total. The number of aromatic nitrogens is 1. The second kappa shape index (κ2) is 8.78. The van der Waals surface area contributed by atoms with Gasteiger partial charge in [-0.1, -0.05) is 17.3 Å². The summed E-state index contributed by atoms with van der Waals surface area (Å²) >= 11 is 0. The molecule has 0 fully saturated rings. The molecule has 0 saturated carbocycles. The van der Waals surface area contributed by atoms with E-state index in [2.05, 4.69) is 9.88 Å². The van der Waals surface area contributed by atoms with Crippen LogP contribution in [0.1, 0.15) is 28.2 Å². The number of hydrogen-bond donors (Lipinski definition) is 1. The van der Waals surface area contributed by atoms with Gasteiger partial charge in [-0.2, -0.15) is 0 Å². The number of ketones is 1. The second-order valence-electron chi connectivity index (χ2n) is 5.59. The van der Waals surface area contributed by atoms with Crippen LogP contribution >= 0.6 is 0 Å². The van der Waals surface area contributed by atoms with Gasteiger partial charge in [0.25, 0.3) is 0 Å². The summed E-state index contributed by atoms with van der Waals surface area (Å²) in [5, 5.41) is 3.58. The van der Waals surface area contributed by atoms with E-state index in [0.29, 0.717) is 11.3 Å². The fourth-order valence-corrected chi connectivity index (χ4v) is 3.75. The Labute approximate surface area is 156 Å². The Bertz CT molecular complexity index is 915. The van der Waals surface area contributed by atoms with Crippen molar-refractivity contribution in [1.29, 1.82) is 0 Å². The average Bonchev–Trinajstić information content (AvgIpc) is 2.98. The summed E-state index contributed by atoms with van der Waals surface area (Å²) in [6.07, 6.45) is -0.234. The van der Waals surface area contributed by atoms with Crippen LogP contribution in [-0.4, -0.2) is 45.6 Å². The minimum Gasteiger partial charge on any atom is -0.496 e. The summed E-state index contributed by atoms with van der Waals surface area (Å²) < 4.78 is 41.5. The number of Topliss-reactive ketones (excluding diaryl/α,β-unsaturated/α-hetero) is 1. The van der Waals surface area contributed by atoms with Crippen molar-refractivity contribution >= 4 is 21.8 Å². The van der Waals surface area contributed by atoms with Crippen molar-refractivity contribution in [3.8, 4) is 5.75 Å². The van der Waals surface area contributed by atoms with Crippen LogP contribution in [0.5, 0.6) is 5.75 Å². The Morgan fingerprint density at radius 2 is 1.93 bits per heavy atom. The number of carbonyl (C=O) groups is 2. The van der Waals surface area contributed by atoms with Gasteiger partial charge in [-0.15, -0.1) is 0 Å². The van der Waals surface area contributed by atoms with E-state index in [1.54, 1.807) is 24.3 Å². The summed E-state index contributed by atoms with van der Waals surface area (Å²) in [6.45, 7) is 2.33. The number of methoxy groups -OCH3 is 1. The molecule has 0 unspecified atom stereocenters. The SMILES string of the molecule is COc1ccccc1C(=O)COC(=O)CCNS(=O)(=O)c1c(C)noc1C. The number of esters is 1. The van der Waals surface area contributed by atoms with Crippen molar-refractivity contribution in [2.24, 2.45) is 0 Å². The first-order chi connectivity index (χ1) is 12.8. The molecule has 146 valence electrons. The van der Waals surface area contributed by atoms with Crippen LogP contribution in [0.4, 0.5) is 0 Å². The third kappa shape index (κ3) is 5.14. The molecule has 0 radical (unpaired) electrons. The van der Waals surface area contributed by atoms with E-state index < -0.39 is 28.4 Å². The molecule has 9 nitrogen and oxygen atoms in total. The van der Waals surface area contributed by atoms with Crippen molar-refractivity contribution in [3.05, 3.63) is 41.3 Å². The number of ether oxygens (including phenoxy) is 2. The first-order valence-corrected chi connectivity index (χ1v) is 9.49. The first kappa shape index (κ1) is 20.6. The topological polar surface area (TPSA) is 125 Å². The fourth-order valence-electron chi connectivity index (χ4n) is 2.39. The van der Waals surface area contributed by atoms with Crippen molar-refractivity contribution in [2.45, 2.75) is 25.2 Å². The molecule has 0 saturated heterocycles. The quantitative estimate of drug-likeness (QED) is 0.498. The van der Waals surface area contributed by atoms with Crippen molar-refractivity contribution in [1.82, 2.24) is 9.88 Å². The standard InChI is InChI=1S/C17H20N2O7S/c1-11-17(12(2)26-19-11)27(22,23)18-9-8-16(21)25-10-14(20)13-6-4-5-7-15(13)24-3/h4-7,18H,8-10H2,1-3H3. The van der Waals surface area contributed by atoms with Crippen molar-refractivity contribution in [2.75, 3.05) is 20.3 Å². The number of nitrogens with zero attached hydrogens (tertiary/aromatic N) is 1. The third-order valence-electron chi connectivity index (χ3n) is 3.63. The Morgan fingerprint density at radius 3 is 2.56 bits per heavy atom. The molecule has 2 aromatic rings. The lowest BCUT2D eigenvalue weighted by molar-refractivity contribution is -0.142. The van der Waals surface area contributed by atoms with Gasteiger partial charge in [-0.3, -0.25) is 9.59 Å².